The molecule has 0 amide bonds. The van der Waals surface area contributed by atoms with Gasteiger partial charge in [-0.2, -0.15) is 0 Å². The van der Waals surface area contributed by atoms with Crippen molar-refractivity contribution in [2.24, 2.45) is 0 Å². The van der Waals surface area contributed by atoms with E-state index >= 15 is 0 Å². The molecular weight excluding hydrogens is 206 g/mol. The molecule has 0 unspecified atom stereocenters. The minimum atomic E-state index is 0.328. The highest BCUT2D eigenvalue weighted by Crippen LogP contribution is 2.37. The van der Waals surface area contributed by atoms with Gasteiger partial charge in [0.1, 0.15) is 0 Å². The highest BCUT2D eigenvalue weighted by atomic mass is 15.0. The standard InChI is InChI=1S/C16H21N/c1-13-5-4-6-14(11-13)16(9-2-3-10-16)12-17-15-7-8-15/h2-6,11,15,17H,7-10,12H2,1H3. The largest absolute Gasteiger partial charge is 0.313 e. The van der Waals surface area contributed by atoms with E-state index in [-0.39, 0.29) is 0 Å². The van der Waals surface area contributed by atoms with Crippen molar-refractivity contribution in [3.05, 3.63) is 47.5 Å². The van der Waals surface area contributed by atoms with Gasteiger partial charge in [0.05, 0.1) is 0 Å². The van der Waals surface area contributed by atoms with Crippen LogP contribution in [0.15, 0.2) is 36.4 Å². The molecule has 1 heteroatoms. The van der Waals surface area contributed by atoms with Gasteiger partial charge in [-0.25, -0.2) is 0 Å². The minimum absolute atomic E-state index is 0.328. The number of allylic oxidation sites excluding steroid dienone is 2. The summed E-state index contributed by atoms with van der Waals surface area (Å²) in [6, 6.07) is 9.85. The average Bonchev–Trinajstić information content (AvgIpc) is 3.04. The summed E-state index contributed by atoms with van der Waals surface area (Å²) >= 11 is 0. The lowest BCUT2D eigenvalue weighted by atomic mass is 9.77. The average molecular weight is 227 g/mol. The predicted octanol–water partition coefficient (Wildman–Crippen LogP) is 3.33. The molecule has 1 aromatic rings. The van der Waals surface area contributed by atoms with Crippen LogP contribution < -0.4 is 5.32 Å². The van der Waals surface area contributed by atoms with Crippen LogP contribution in [0, 0.1) is 6.92 Å². The van der Waals surface area contributed by atoms with Crippen molar-refractivity contribution in [3.8, 4) is 0 Å². The van der Waals surface area contributed by atoms with Crippen LogP contribution in [0.1, 0.15) is 36.8 Å². The maximum atomic E-state index is 3.72. The zero-order valence-electron chi connectivity index (χ0n) is 10.6. The molecule has 1 fully saturated rings. The lowest BCUT2D eigenvalue weighted by Gasteiger charge is -2.30. The number of benzene rings is 1. The zero-order valence-corrected chi connectivity index (χ0v) is 10.6. The molecular formula is C16H21N. The van der Waals surface area contributed by atoms with Crippen LogP contribution in [0.3, 0.4) is 0 Å². The number of hydrogen-bond donors (Lipinski definition) is 1. The summed E-state index contributed by atoms with van der Waals surface area (Å²) in [6.45, 7) is 3.32. The van der Waals surface area contributed by atoms with E-state index in [0.717, 1.165) is 12.6 Å². The molecule has 0 radical (unpaired) electrons. The van der Waals surface area contributed by atoms with E-state index in [1.807, 2.05) is 0 Å². The minimum Gasteiger partial charge on any atom is -0.313 e. The Hall–Kier alpha value is -1.08. The van der Waals surface area contributed by atoms with Crippen molar-refractivity contribution in [1.82, 2.24) is 5.32 Å². The van der Waals surface area contributed by atoms with Crippen molar-refractivity contribution in [1.29, 1.82) is 0 Å². The Morgan fingerprint density at radius 3 is 2.65 bits per heavy atom. The lowest BCUT2D eigenvalue weighted by Crippen LogP contribution is -2.37. The molecule has 3 rings (SSSR count). The fourth-order valence-electron chi connectivity index (χ4n) is 2.79. The third-order valence-electron chi connectivity index (χ3n) is 4.12. The number of rotatable bonds is 4. The second-order valence-corrected chi connectivity index (χ2v) is 5.68. The lowest BCUT2D eigenvalue weighted by molar-refractivity contribution is 0.417. The molecule has 0 atom stereocenters. The van der Waals surface area contributed by atoms with Gasteiger partial charge in [-0.1, -0.05) is 42.0 Å². The Labute approximate surface area is 104 Å². The Kier molecular flexibility index (Phi) is 2.79. The van der Waals surface area contributed by atoms with Crippen LogP contribution >= 0.6 is 0 Å². The summed E-state index contributed by atoms with van der Waals surface area (Å²) in [5.74, 6) is 0. The van der Waals surface area contributed by atoms with E-state index < -0.39 is 0 Å². The topological polar surface area (TPSA) is 12.0 Å². The monoisotopic (exact) mass is 227 g/mol. The van der Waals surface area contributed by atoms with Crippen molar-refractivity contribution < 1.29 is 0 Å². The van der Waals surface area contributed by atoms with Gasteiger partial charge in [-0.05, 0) is 38.2 Å². The van der Waals surface area contributed by atoms with Crippen LogP contribution in [0.5, 0.6) is 0 Å². The van der Waals surface area contributed by atoms with E-state index in [1.54, 1.807) is 0 Å². The van der Waals surface area contributed by atoms with Gasteiger partial charge in [0.15, 0.2) is 0 Å². The molecule has 0 heterocycles. The first kappa shape index (κ1) is 11.0. The summed E-state index contributed by atoms with van der Waals surface area (Å²) in [5.41, 5.74) is 3.21. The molecule has 90 valence electrons. The molecule has 1 N–H and O–H groups in total. The smallest absolute Gasteiger partial charge is 0.0147 e. The van der Waals surface area contributed by atoms with Crippen LogP contribution in [-0.4, -0.2) is 12.6 Å². The molecule has 0 bridgehead atoms. The van der Waals surface area contributed by atoms with Crippen LogP contribution in [0.25, 0.3) is 0 Å². The predicted molar refractivity (Wildman–Crippen MR) is 72.3 cm³/mol. The molecule has 0 spiro atoms. The normalized spacial score (nSPS) is 21.9. The van der Waals surface area contributed by atoms with Crippen LogP contribution in [-0.2, 0) is 5.41 Å². The maximum absolute atomic E-state index is 3.72. The van der Waals surface area contributed by atoms with Crippen LogP contribution in [0.4, 0.5) is 0 Å². The van der Waals surface area contributed by atoms with Crippen molar-refractivity contribution in [2.45, 2.75) is 44.1 Å². The molecule has 0 saturated heterocycles. The van der Waals surface area contributed by atoms with Crippen LogP contribution in [0.2, 0.25) is 0 Å². The summed E-state index contributed by atoms with van der Waals surface area (Å²) in [4.78, 5) is 0. The third kappa shape index (κ3) is 2.30. The zero-order chi connectivity index (χ0) is 11.7. The summed E-state index contributed by atoms with van der Waals surface area (Å²) < 4.78 is 0. The van der Waals surface area contributed by atoms with E-state index in [2.05, 4.69) is 48.7 Å². The summed E-state index contributed by atoms with van der Waals surface area (Å²) in [5, 5.41) is 3.72. The van der Waals surface area contributed by atoms with Gasteiger partial charge >= 0.3 is 0 Å². The fraction of sp³-hybridized carbons (Fsp3) is 0.500. The Bertz CT molecular complexity index is 421. The van der Waals surface area contributed by atoms with Gasteiger partial charge < -0.3 is 5.32 Å². The highest BCUT2D eigenvalue weighted by Gasteiger charge is 2.34. The summed E-state index contributed by atoms with van der Waals surface area (Å²) in [6.07, 6.45) is 9.81. The number of aryl methyl sites for hydroxylation is 1. The van der Waals surface area contributed by atoms with Gasteiger partial charge in [-0.3, -0.25) is 0 Å². The van der Waals surface area contributed by atoms with Gasteiger partial charge in [0, 0.05) is 18.0 Å². The molecule has 1 aromatic carbocycles. The number of hydrogen-bond acceptors (Lipinski definition) is 1. The van der Waals surface area contributed by atoms with Crippen molar-refractivity contribution in [3.63, 3.8) is 0 Å². The molecule has 1 saturated carbocycles. The fourth-order valence-corrected chi connectivity index (χ4v) is 2.79. The van der Waals surface area contributed by atoms with E-state index in [0.29, 0.717) is 5.41 Å². The van der Waals surface area contributed by atoms with Crippen molar-refractivity contribution in [2.75, 3.05) is 6.54 Å². The van der Waals surface area contributed by atoms with E-state index in [1.165, 1.54) is 36.8 Å². The Balaban J connectivity index is 1.82. The Morgan fingerprint density at radius 2 is 2.00 bits per heavy atom. The maximum Gasteiger partial charge on any atom is 0.0147 e. The first-order chi connectivity index (χ1) is 8.28. The molecule has 0 aliphatic heterocycles. The molecule has 2 aliphatic carbocycles. The molecule has 0 aromatic heterocycles. The quantitative estimate of drug-likeness (QED) is 0.778. The van der Waals surface area contributed by atoms with E-state index in [9.17, 15) is 0 Å². The number of nitrogens with one attached hydrogen (secondary N) is 1. The van der Waals surface area contributed by atoms with Crippen molar-refractivity contribution >= 4 is 0 Å². The summed E-state index contributed by atoms with van der Waals surface area (Å²) in [7, 11) is 0. The first-order valence-electron chi connectivity index (χ1n) is 6.74. The van der Waals surface area contributed by atoms with Gasteiger partial charge in [-0.15, -0.1) is 0 Å². The third-order valence-corrected chi connectivity index (χ3v) is 4.12. The van der Waals surface area contributed by atoms with Gasteiger partial charge in [0.25, 0.3) is 0 Å². The highest BCUT2D eigenvalue weighted by molar-refractivity contribution is 5.34. The van der Waals surface area contributed by atoms with Gasteiger partial charge in [0.2, 0.25) is 0 Å². The first-order valence-corrected chi connectivity index (χ1v) is 6.74. The van der Waals surface area contributed by atoms with E-state index in [4.69, 9.17) is 0 Å². The SMILES string of the molecule is Cc1cccc(C2(CNC3CC3)CC=CC2)c1. The second-order valence-electron chi connectivity index (χ2n) is 5.68. The molecule has 2 aliphatic rings. The second kappa shape index (κ2) is 4.30. The molecule has 17 heavy (non-hydrogen) atoms. The molecule has 1 nitrogen and oxygen atoms in total. The Morgan fingerprint density at radius 1 is 1.24 bits per heavy atom.